The van der Waals surface area contributed by atoms with Crippen LogP contribution >= 0.6 is 0 Å². The standard InChI is InChI=1S/C10H16O2/c1-3-8-6-4-5-7-10(8,2)9(11)12/h6H,3-5,7H2,1-2H3,(H,11,12). The van der Waals surface area contributed by atoms with Crippen LogP contribution in [0.5, 0.6) is 0 Å². The molecule has 0 heterocycles. The Hall–Kier alpha value is -0.790. The van der Waals surface area contributed by atoms with Crippen molar-refractivity contribution in [1.29, 1.82) is 0 Å². The van der Waals surface area contributed by atoms with Gasteiger partial charge in [0.05, 0.1) is 5.41 Å². The van der Waals surface area contributed by atoms with Crippen LogP contribution in [0.3, 0.4) is 0 Å². The summed E-state index contributed by atoms with van der Waals surface area (Å²) in [5.41, 5.74) is 0.522. The van der Waals surface area contributed by atoms with Crippen molar-refractivity contribution in [2.24, 2.45) is 5.41 Å². The van der Waals surface area contributed by atoms with Crippen LogP contribution in [-0.2, 0) is 4.79 Å². The molecular weight excluding hydrogens is 152 g/mol. The van der Waals surface area contributed by atoms with Gasteiger partial charge in [0.2, 0.25) is 0 Å². The van der Waals surface area contributed by atoms with Crippen molar-refractivity contribution in [3.05, 3.63) is 11.6 Å². The largest absolute Gasteiger partial charge is 0.481 e. The Morgan fingerprint density at radius 3 is 2.83 bits per heavy atom. The molecule has 1 aliphatic rings. The minimum Gasteiger partial charge on any atom is -0.481 e. The zero-order valence-electron chi connectivity index (χ0n) is 7.76. The fourth-order valence-electron chi connectivity index (χ4n) is 1.90. The number of aliphatic carboxylic acids is 1. The van der Waals surface area contributed by atoms with E-state index in [0.717, 1.165) is 31.3 Å². The third kappa shape index (κ3) is 1.38. The number of allylic oxidation sites excluding steroid dienone is 1. The Morgan fingerprint density at radius 1 is 1.75 bits per heavy atom. The Morgan fingerprint density at radius 2 is 2.42 bits per heavy atom. The molecule has 0 aliphatic heterocycles. The highest BCUT2D eigenvalue weighted by atomic mass is 16.4. The lowest BCUT2D eigenvalue weighted by atomic mass is 9.73. The molecule has 0 fully saturated rings. The van der Waals surface area contributed by atoms with E-state index in [1.165, 1.54) is 0 Å². The maximum atomic E-state index is 11.0. The number of hydrogen-bond acceptors (Lipinski definition) is 1. The summed E-state index contributed by atoms with van der Waals surface area (Å²) in [6.45, 7) is 3.86. The molecule has 0 aromatic carbocycles. The minimum absolute atomic E-state index is 0.576. The summed E-state index contributed by atoms with van der Waals surface area (Å²) in [4.78, 5) is 11.0. The van der Waals surface area contributed by atoms with Gasteiger partial charge in [-0.25, -0.2) is 0 Å². The summed E-state index contributed by atoms with van der Waals surface area (Å²) in [5.74, 6) is -0.671. The molecule has 1 aliphatic carbocycles. The highest BCUT2D eigenvalue weighted by molar-refractivity contribution is 5.78. The number of hydrogen-bond donors (Lipinski definition) is 1. The lowest BCUT2D eigenvalue weighted by molar-refractivity contribution is -0.146. The van der Waals surface area contributed by atoms with E-state index in [1.54, 1.807) is 0 Å². The van der Waals surface area contributed by atoms with Gasteiger partial charge in [-0.15, -0.1) is 0 Å². The summed E-state index contributed by atoms with van der Waals surface area (Å²) in [5, 5.41) is 9.06. The molecule has 1 N–H and O–H groups in total. The van der Waals surface area contributed by atoms with Crippen LogP contribution in [0, 0.1) is 5.41 Å². The van der Waals surface area contributed by atoms with Crippen molar-refractivity contribution < 1.29 is 9.90 Å². The van der Waals surface area contributed by atoms with Crippen molar-refractivity contribution in [3.63, 3.8) is 0 Å². The van der Waals surface area contributed by atoms with E-state index in [4.69, 9.17) is 5.11 Å². The van der Waals surface area contributed by atoms with Crippen molar-refractivity contribution in [2.45, 2.75) is 39.5 Å². The van der Waals surface area contributed by atoms with Crippen LogP contribution in [0.1, 0.15) is 39.5 Å². The van der Waals surface area contributed by atoms with Gasteiger partial charge in [0.25, 0.3) is 0 Å². The van der Waals surface area contributed by atoms with Crippen LogP contribution in [0.15, 0.2) is 11.6 Å². The van der Waals surface area contributed by atoms with Gasteiger partial charge in [0.1, 0.15) is 0 Å². The summed E-state index contributed by atoms with van der Waals surface area (Å²) >= 11 is 0. The predicted octanol–water partition coefficient (Wildman–Crippen LogP) is 2.60. The highest BCUT2D eigenvalue weighted by Crippen LogP contribution is 2.38. The Bertz CT molecular complexity index is 218. The van der Waals surface area contributed by atoms with Gasteiger partial charge >= 0.3 is 5.97 Å². The van der Waals surface area contributed by atoms with Gasteiger partial charge in [0, 0.05) is 0 Å². The second-order valence-electron chi connectivity index (χ2n) is 3.61. The van der Waals surface area contributed by atoms with Crippen molar-refractivity contribution in [1.82, 2.24) is 0 Å². The lowest BCUT2D eigenvalue weighted by Crippen LogP contribution is -2.31. The first kappa shape index (κ1) is 9.30. The molecule has 0 radical (unpaired) electrons. The van der Waals surface area contributed by atoms with Gasteiger partial charge in [-0.05, 0) is 32.6 Å². The van der Waals surface area contributed by atoms with Crippen molar-refractivity contribution in [2.75, 3.05) is 0 Å². The average Bonchev–Trinajstić information content (AvgIpc) is 2.05. The van der Waals surface area contributed by atoms with Gasteiger partial charge < -0.3 is 5.11 Å². The van der Waals surface area contributed by atoms with E-state index >= 15 is 0 Å². The van der Waals surface area contributed by atoms with E-state index in [9.17, 15) is 4.79 Å². The maximum absolute atomic E-state index is 11.0. The van der Waals surface area contributed by atoms with Gasteiger partial charge in [-0.2, -0.15) is 0 Å². The van der Waals surface area contributed by atoms with Crippen LogP contribution in [0.25, 0.3) is 0 Å². The summed E-state index contributed by atoms with van der Waals surface area (Å²) in [6, 6.07) is 0. The molecule has 1 rings (SSSR count). The number of carboxylic acid groups (broad SMARTS) is 1. The average molecular weight is 168 g/mol. The summed E-state index contributed by atoms with van der Waals surface area (Å²) in [7, 11) is 0. The second kappa shape index (κ2) is 3.30. The van der Waals surface area contributed by atoms with E-state index in [0.29, 0.717) is 0 Å². The van der Waals surface area contributed by atoms with Gasteiger partial charge in [0.15, 0.2) is 0 Å². The lowest BCUT2D eigenvalue weighted by Gasteiger charge is -2.30. The Labute approximate surface area is 73.3 Å². The molecule has 0 amide bonds. The fourth-order valence-corrected chi connectivity index (χ4v) is 1.90. The highest BCUT2D eigenvalue weighted by Gasteiger charge is 2.36. The molecule has 0 saturated carbocycles. The first-order chi connectivity index (χ1) is 5.61. The number of carboxylic acids is 1. The zero-order valence-corrected chi connectivity index (χ0v) is 7.76. The molecule has 2 nitrogen and oxygen atoms in total. The normalized spacial score (nSPS) is 29.7. The second-order valence-corrected chi connectivity index (χ2v) is 3.61. The minimum atomic E-state index is -0.671. The topological polar surface area (TPSA) is 37.3 Å². The number of carbonyl (C=O) groups is 1. The monoisotopic (exact) mass is 168 g/mol. The van der Waals surface area contributed by atoms with E-state index in [1.807, 2.05) is 13.8 Å². The van der Waals surface area contributed by atoms with Crippen LogP contribution in [-0.4, -0.2) is 11.1 Å². The quantitative estimate of drug-likeness (QED) is 0.643. The first-order valence-corrected chi connectivity index (χ1v) is 4.54. The maximum Gasteiger partial charge on any atom is 0.313 e. The predicted molar refractivity (Wildman–Crippen MR) is 48.0 cm³/mol. The van der Waals surface area contributed by atoms with Gasteiger partial charge in [-0.3, -0.25) is 4.79 Å². The van der Waals surface area contributed by atoms with E-state index in [2.05, 4.69) is 6.08 Å². The van der Waals surface area contributed by atoms with Crippen LogP contribution in [0.2, 0.25) is 0 Å². The Kier molecular flexibility index (Phi) is 2.55. The molecule has 1 atom stereocenters. The van der Waals surface area contributed by atoms with Crippen molar-refractivity contribution >= 4 is 5.97 Å². The molecule has 0 saturated heterocycles. The van der Waals surface area contributed by atoms with E-state index < -0.39 is 11.4 Å². The molecule has 0 aromatic heterocycles. The fraction of sp³-hybridized carbons (Fsp3) is 0.700. The van der Waals surface area contributed by atoms with Crippen molar-refractivity contribution in [3.8, 4) is 0 Å². The molecule has 0 aromatic rings. The zero-order chi connectivity index (χ0) is 9.19. The molecule has 0 spiro atoms. The van der Waals surface area contributed by atoms with Crippen LogP contribution < -0.4 is 0 Å². The summed E-state index contributed by atoms with van der Waals surface area (Å²) in [6.07, 6.45) is 5.81. The van der Waals surface area contributed by atoms with E-state index in [-0.39, 0.29) is 0 Å². The smallest absolute Gasteiger partial charge is 0.313 e. The SMILES string of the molecule is CCC1=CCCCC1(C)C(=O)O. The third-order valence-electron chi connectivity index (χ3n) is 2.83. The first-order valence-electron chi connectivity index (χ1n) is 4.54. The third-order valence-corrected chi connectivity index (χ3v) is 2.83. The molecule has 0 bridgehead atoms. The van der Waals surface area contributed by atoms with Gasteiger partial charge in [-0.1, -0.05) is 18.6 Å². The molecule has 1 unspecified atom stereocenters. The molecular formula is C10H16O2. The molecule has 2 heteroatoms. The number of rotatable bonds is 2. The molecule has 12 heavy (non-hydrogen) atoms. The molecule has 68 valence electrons. The Balaban J connectivity index is 2.93. The summed E-state index contributed by atoms with van der Waals surface area (Å²) < 4.78 is 0. The van der Waals surface area contributed by atoms with Crippen LogP contribution in [0.4, 0.5) is 0 Å².